The summed E-state index contributed by atoms with van der Waals surface area (Å²) in [5.74, 6) is 4.25. The smallest absolute Gasteiger partial charge is 0.306 e. The standard InChI is InChI=1S/C23H30N8O3.C23H29N7O4.C23H28N6O4.C21H27N7O4S/c1-14-20(34-17-5-3-4-16(12-17)23(32)33)10-9-18(24-14)22-19(30(2)28-26-22)13-31-27-21(25-29-31)11-8-15-6-7-15;1-30-19(13-25-23-26-20(34-28-23)10-7-14-5-6-14)21(27-29-30)18-9-8-17(12-24-18)33-16-4-2-3-15(11-16)22(31)32;1-13-19(32-16-5-3-4-15(11-16)23(30)31)9-8-17(24-13)22-18(29(2)28-26-22)12-20-25-21(33-27-20)10-14-6-7-14;1-4-31-21-24-20(26-33-21)22-11-16-18(25-27-28(16)3)15-8-9-17(12(2)23-15)32-14-7-5-6-13(10-14)19(29)30/h9-10,15-17H,3-8,11-13H2,1-2H3,(H,32,33);8-9,12,14-16H,2-7,10-11,13H2,1H3,(H,25,28)(H,31,32);8-9,14-16H,3-7,10-12H2,1-2H3,(H,30,31);8-9,13-14H,4-7,10-11H2,1-3H3,(H,22,26)(H,29,30)/t16-,17-;2*15-,16-;13-,14-/m0000/s1. The molecule has 0 amide bonds. The molecule has 0 saturated heterocycles. The summed E-state index contributed by atoms with van der Waals surface area (Å²) in [6.45, 7) is 9.31. The summed E-state index contributed by atoms with van der Waals surface area (Å²) in [6.07, 6.45) is 25.9. The third kappa shape index (κ3) is 25.1. The van der Waals surface area contributed by atoms with E-state index in [1.54, 1.807) is 29.7 Å². The number of pyridine rings is 4. The highest BCUT2D eigenvalue weighted by Gasteiger charge is 2.35. The van der Waals surface area contributed by atoms with Crippen LogP contribution in [0.1, 0.15) is 224 Å². The third-order valence-corrected chi connectivity index (χ3v) is 26.0. The summed E-state index contributed by atoms with van der Waals surface area (Å²) in [4.78, 5) is 78.7. The van der Waals surface area contributed by atoms with Crippen molar-refractivity contribution in [3.05, 3.63) is 118 Å². The molecule has 0 radical (unpaired) electrons. The van der Waals surface area contributed by atoms with Gasteiger partial charge in [-0.3, -0.25) is 28.8 Å². The number of nitrogens with one attached hydrogen (secondary N) is 2. The van der Waals surface area contributed by atoms with Crippen LogP contribution in [-0.2, 0) is 92.7 Å². The van der Waals surface area contributed by atoms with Crippen LogP contribution in [0, 0.1) is 62.2 Å². The number of aromatic nitrogens is 26. The first-order chi connectivity index (χ1) is 64.9. The second-order valence-electron chi connectivity index (χ2n) is 35.7. The van der Waals surface area contributed by atoms with Crippen molar-refractivity contribution in [2.75, 3.05) is 17.2 Å². The first-order valence-corrected chi connectivity index (χ1v) is 47.1. The number of hydrogen-bond donors (Lipinski definition) is 6. The molecule has 0 spiro atoms. The van der Waals surface area contributed by atoms with E-state index in [9.17, 15) is 39.6 Å². The van der Waals surface area contributed by atoms with Crippen LogP contribution in [0.25, 0.3) is 45.6 Å². The number of anilines is 2. The fourth-order valence-electron chi connectivity index (χ4n) is 17.1. The highest BCUT2D eigenvalue weighted by molar-refractivity contribution is 7.07. The minimum absolute atomic E-state index is 0.108. The van der Waals surface area contributed by atoms with E-state index in [-0.39, 0.29) is 48.1 Å². The molecule has 8 atom stereocenters. The van der Waals surface area contributed by atoms with Gasteiger partial charge in [0.1, 0.15) is 52.3 Å². The maximum Gasteiger partial charge on any atom is 0.306 e. The third-order valence-electron chi connectivity index (χ3n) is 25.4. The van der Waals surface area contributed by atoms with Gasteiger partial charge in [-0.1, -0.05) is 51.7 Å². The van der Waals surface area contributed by atoms with E-state index < -0.39 is 23.9 Å². The molecule has 19 rings (SSSR count). The van der Waals surface area contributed by atoms with E-state index in [1.165, 1.54) is 50.1 Å². The van der Waals surface area contributed by atoms with Crippen LogP contribution in [0.15, 0.2) is 63.8 Å². The minimum Gasteiger partial charge on any atom is -0.489 e. The van der Waals surface area contributed by atoms with Crippen molar-refractivity contribution < 1.29 is 72.3 Å². The zero-order chi connectivity index (χ0) is 93.5. The van der Waals surface area contributed by atoms with Crippen LogP contribution in [0.5, 0.6) is 28.2 Å². The molecule has 12 aromatic rings. The molecule has 7 aliphatic rings. The van der Waals surface area contributed by atoms with E-state index in [0.29, 0.717) is 193 Å². The topological polar surface area (TPSA) is 541 Å². The molecule has 6 N–H and O–H groups in total. The molecule has 7 fully saturated rings. The summed E-state index contributed by atoms with van der Waals surface area (Å²) in [7, 11) is 7.32. The Kier molecular flexibility index (Phi) is 30.4. The Morgan fingerprint density at radius 1 is 0.448 bits per heavy atom. The van der Waals surface area contributed by atoms with Gasteiger partial charge < -0.3 is 63.8 Å². The van der Waals surface area contributed by atoms with Gasteiger partial charge in [-0.05, 0) is 233 Å². The lowest BCUT2D eigenvalue weighted by atomic mass is 9.87. The molecule has 0 aromatic carbocycles. The largest absolute Gasteiger partial charge is 0.489 e. The van der Waals surface area contributed by atoms with Gasteiger partial charge in [0.15, 0.2) is 11.6 Å². The van der Waals surface area contributed by atoms with Crippen molar-refractivity contribution >= 4 is 47.3 Å². The van der Waals surface area contributed by atoms with Crippen molar-refractivity contribution in [1.82, 2.24) is 130 Å². The van der Waals surface area contributed by atoms with Gasteiger partial charge in [0.05, 0.1) is 143 Å². The lowest BCUT2D eigenvalue weighted by Gasteiger charge is -2.27. The predicted molar refractivity (Wildman–Crippen MR) is 480 cm³/mol. The molecular formula is C90H114N28O15S. The number of carboxylic acids is 4. The number of carbonyl (C=O) groups is 4. The number of aliphatic carboxylic acids is 4. The van der Waals surface area contributed by atoms with E-state index in [2.05, 4.69) is 107 Å². The van der Waals surface area contributed by atoms with Gasteiger partial charge >= 0.3 is 23.9 Å². The Hall–Kier alpha value is -13.5. The molecule has 134 heavy (non-hydrogen) atoms. The number of hydrogen-bond acceptors (Lipinski definition) is 35. The van der Waals surface area contributed by atoms with Crippen LogP contribution in [0.3, 0.4) is 0 Å². The highest BCUT2D eigenvalue weighted by atomic mass is 32.1. The molecule has 12 heterocycles. The average Bonchev–Trinajstić information content (AvgIpc) is 1.66. The second-order valence-corrected chi connectivity index (χ2v) is 36.4. The van der Waals surface area contributed by atoms with Crippen molar-refractivity contribution in [3.8, 4) is 73.7 Å². The van der Waals surface area contributed by atoms with Crippen molar-refractivity contribution in [2.24, 2.45) is 69.6 Å². The summed E-state index contributed by atoms with van der Waals surface area (Å²) < 4.78 is 51.5. The number of rotatable bonds is 36. The van der Waals surface area contributed by atoms with Crippen LogP contribution in [0.4, 0.5) is 11.9 Å². The molecule has 12 aromatic heterocycles. The molecule has 0 unspecified atom stereocenters. The normalized spacial score (nSPS) is 19.9. The molecule has 7 saturated carbocycles. The fraction of sp³-hybridized carbons (Fsp3) is 0.567. The number of tetrazole rings is 1. The van der Waals surface area contributed by atoms with Gasteiger partial charge in [0.2, 0.25) is 17.7 Å². The van der Waals surface area contributed by atoms with Gasteiger partial charge in [-0.25, -0.2) is 29.0 Å². The molecule has 44 heteroatoms. The molecule has 0 aliphatic heterocycles. The zero-order valence-electron chi connectivity index (χ0n) is 76.5. The van der Waals surface area contributed by atoms with Crippen LogP contribution >= 0.6 is 11.5 Å². The maximum atomic E-state index is 11.4. The highest BCUT2D eigenvalue weighted by Crippen LogP contribution is 2.39. The van der Waals surface area contributed by atoms with Crippen molar-refractivity contribution in [3.63, 3.8) is 0 Å². The average molecular weight is 1860 g/mol. The minimum atomic E-state index is -0.751. The van der Waals surface area contributed by atoms with E-state index in [1.807, 2.05) is 104 Å². The Morgan fingerprint density at radius 2 is 0.888 bits per heavy atom. The molecule has 710 valence electrons. The number of aryl methyl sites for hydroxylation is 9. The SMILES string of the molecule is CCOc1nc(NCc2c(-c3ccc(O[C@H]4CCC[C@H](C(=O)O)C4)c(C)n3)nnn2C)ns1.Cc1nc(-c2nnn(C)c2Cc2noc(CC3CC3)n2)ccc1O[C@H]1CCC[C@H](C(=O)O)C1.Cc1nc(-c2nnn(C)c2Cn2nnc(CCC3CC3)n2)ccc1O[C@H]1CCC[C@H](C(=O)O)C1.Cn1nnc(-c2ccc(O[C@H]3CCC[C@H](C(=O)O)C3)cn2)c1CNc1noc(CCC2CC2)n1. The molecule has 0 bridgehead atoms. The Bertz CT molecular complexity index is 5990. The summed E-state index contributed by atoms with van der Waals surface area (Å²) >= 11 is 1.19. The zero-order valence-corrected chi connectivity index (χ0v) is 77.3. The Balaban J connectivity index is 0.000000130. The van der Waals surface area contributed by atoms with Gasteiger partial charge in [-0.15, -0.1) is 35.0 Å². The number of nitrogens with zero attached hydrogens (tertiary/aromatic N) is 26. The Morgan fingerprint density at radius 3 is 1.36 bits per heavy atom. The second kappa shape index (κ2) is 43.5. The summed E-state index contributed by atoms with van der Waals surface area (Å²) in [5.41, 5.74) is 10.9. The fourth-order valence-corrected chi connectivity index (χ4v) is 17.7. The molecular weight excluding hydrogens is 1750 g/mol. The van der Waals surface area contributed by atoms with Crippen LogP contribution in [0.2, 0.25) is 0 Å². The lowest BCUT2D eigenvalue weighted by Crippen LogP contribution is -2.29. The number of carboxylic acid groups (broad SMARTS) is 4. The van der Waals surface area contributed by atoms with Crippen LogP contribution < -0.4 is 34.3 Å². The number of ether oxygens (including phenoxy) is 5. The summed E-state index contributed by atoms with van der Waals surface area (Å²) in [5, 5.41) is 99.0. The van der Waals surface area contributed by atoms with E-state index >= 15 is 0 Å². The maximum absolute atomic E-state index is 11.4. The van der Waals surface area contributed by atoms with Crippen molar-refractivity contribution in [2.45, 2.75) is 252 Å². The lowest BCUT2D eigenvalue weighted by molar-refractivity contribution is -0.144. The van der Waals surface area contributed by atoms with Crippen LogP contribution in [-0.4, -0.2) is 205 Å². The monoisotopic (exact) mass is 1860 g/mol. The van der Waals surface area contributed by atoms with Gasteiger partial charge in [-0.2, -0.15) is 19.7 Å². The Labute approximate surface area is 775 Å². The van der Waals surface area contributed by atoms with E-state index in [4.69, 9.17) is 42.7 Å². The van der Waals surface area contributed by atoms with Crippen molar-refractivity contribution in [1.29, 1.82) is 0 Å². The predicted octanol–water partition coefficient (Wildman–Crippen LogP) is 12.0. The molecule has 43 nitrogen and oxygen atoms in total. The first kappa shape index (κ1) is 93.8. The van der Waals surface area contributed by atoms with E-state index in [0.717, 1.165) is 141 Å². The van der Waals surface area contributed by atoms with Gasteiger partial charge in [0.25, 0.3) is 11.1 Å². The molecule has 7 aliphatic carbocycles. The first-order valence-electron chi connectivity index (χ1n) is 46.3. The quantitative estimate of drug-likeness (QED) is 0.0212. The summed E-state index contributed by atoms with van der Waals surface area (Å²) in [6, 6.07) is 14.9. The van der Waals surface area contributed by atoms with Gasteiger partial charge in [0, 0.05) is 59.0 Å².